The summed E-state index contributed by atoms with van der Waals surface area (Å²) < 4.78 is 34.5. The molecule has 0 N–H and O–H groups in total. The Bertz CT molecular complexity index is 263. The third-order valence-corrected chi connectivity index (χ3v) is 3.18. The van der Waals surface area contributed by atoms with Gasteiger partial charge in [-0.15, -0.1) is 0 Å². The van der Waals surface area contributed by atoms with E-state index in [1.165, 1.54) is 44.9 Å². The van der Waals surface area contributed by atoms with Crippen LogP contribution < -0.4 is 29.6 Å². The molecule has 0 fully saturated rings. The first-order valence-electron chi connectivity index (χ1n) is 6.66. The third-order valence-electron chi connectivity index (χ3n) is 2.73. The molecule has 0 saturated heterocycles. The maximum Gasteiger partial charge on any atom is 2.00 e. The van der Waals surface area contributed by atoms with Crippen molar-refractivity contribution in [2.45, 2.75) is 71.1 Å². The molecule has 0 spiro atoms. The van der Waals surface area contributed by atoms with Crippen molar-refractivity contribution in [1.82, 2.24) is 0 Å². The summed E-state index contributed by atoms with van der Waals surface area (Å²) in [6.07, 6.45) is 11.7. The Hall–Kier alpha value is 2.09. The Balaban J connectivity index is -0.000000427. The first-order chi connectivity index (χ1) is 8.06. The number of unbranched alkanes of at least 4 members (excludes halogenated alkanes) is 9. The summed E-state index contributed by atoms with van der Waals surface area (Å²) in [7, 11) is -4.48. The summed E-state index contributed by atoms with van der Waals surface area (Å²) in [6, 6.07) is 0. The average Bonchev–Trinajstić information content (AvgIpc) is 2.24. The van der Waals surface area contributed by atoms with Crippen LogP contribution in [0.2, 0.25) is 0 Å². The molecular weight excluding hydrogens is 319 g/mol. The first kappa shape index (κ1) is 30.0. The second kappa shape index (κ2) is 21.1. The van der Waals surface area contributed by atoms with Crippen LogP contribution >= 0.6 is 0 Å². The summed E-state index contributed by atoms with van der Waals surface area (Å²) in [5, 5.41) is 0. The van der Waals surface area contributed by atoms with E-state index in [1.807, 2.05) is 0 Å². The quantitative estimate of drug-likeness (QED) is 0.214. The maximum atomic E-state index is 10.1. The molecule has 0 aliphatic heterocycles. The van der Waals surface area contributed by atoms with Crippen LogP contribution in [0.5, 0.6) is 0 Å². The van der Waals surface area contributed by atoms with Crippen molar-refractivity contribution in [2.75, 3.05) is 6.61 Å². The molecule has 0 aliphatic carbocycles. The summed E-state index contributed by atoms with van der Waals surface area (Å²) in [4.78, 5) is 0. The molecule has 0 rings (SSSR count). The maximum absolute atomic E-state index is 10.1. The Kier molecular flexibility index (Phi) is 31.7. The van der Waals surface area contributed by atoms with Gasteiger partial charge in [-0.25, -0.2) is 8.42 Å². The summed E-state index contributed by atoms with van der Waals surface area (Å²) in [6.45, 7) is 2.24. The van der Waals surface area contributed by atoms with Gasteiger partial charge in [0, 0.05) is 0 Å². The number of rotatable bonds is 12. The van der Waals surface area contributed by atoms with Crippen LogP contribution in [0.4, 0.5) is 0 Å². The second-order valence-corrected chi connectivity index (χ2v) is 5.46. The van der Waals surface area contributed by atoms with Crippen molar-refractivity contribution < 1.29 is 52.2 Å². The van der Waals surface area contributed by atoms with E-state index in [1.54, 1.807) is 0 Å². The van der Waals surface area contributed by atoms with Gasteiger partial charge in [0.05, 0.1) is 6.61 Å². The largest absolute Gasteiger partial charge is 2.00 e. The van der Waals surface area contributed by atoms with Gasteiger partial charge >= 0.3 is 67.3 Å². The van der Waals surface area contributed by atoms with E-state index in [9.17, 15) is 13.0 Å². The van der Waals surface area contributed by atoms with Crippen molar-refractivity contribution in [2.24, 2.45) is 0 Å². The molecule has 0 aromatic rings. The summed E-state index contributed by atoms with van der Waals surface area (Å²) in [5.41, 5.74) is 0. The standard InChI is InChI=1S/C12H26O4S.Ca.Na.O/c1-2-3-4-5-6-7-8-9-10-11-12-16-17(13,14)15;;;/h2-12H2,1H3,(H,13,14,15);;;/q;+2;+1;-2/p-1. The van der Waals surface area contributed by atoms with Crippen LogP contribution in [0, 0.1) is 0 Å². The molecule has 0 aromatic heterocycles. The summed E-state index contributed by atoms with van der Waals surface area (Å²) >= 11 is 0. The molecule has 0 aromatic carbocycles. The first-order valence-corrected chi connectivity index (χ1v) is 8.00. The Morgan fingerprint density at radius 1 is 0.850 bits per heavy atom. The third kappa shape index (κ3) is 28.3. The molecule has 0 radical (unpaired) electrons. The van der Waals surface area contributed by atoms with Gasteiger partial charge in [-0.05, 0) is 6.42 Å². The average molecular weight is 344 g/mol. The molecule has 0 saturated carbocycles. The van der Waals surface area contributed by atoms with Crippen molar-refractivity contribution in [1.29, 1.82) is 0 Å². The topological polar surface area (TPSA) is 94.9 Å². The van der Waals surface area contributed by atoms with Crippen LogP contribution in [0.25, 0.3) is 0 Å². The zero-order valence-corrected chi connectivity index (χ0v) is 18.0. The van der Waals surface area contributed by atoms with Crippen LogP contribution in [-0.4, -0.2) is 57.3 Å². The molecule has 0 unspecified atom stereocenters. The molecule has 8 heteroatoms. The Morgan fingerprint density at radius 2 is 1.20 bits per heavy atom. The zero-order chi connectivity index (χ0) is 13.0. The minimum Gasteiger partial charge on any atom is -2.00 e. The van der Waals surface area contributed by atoms with Gasteiger partial charge in [-0.1, -0.05) is 64.7 Å². The van der Waals surface area contributed by atoms with Crippen LogP contribution in [0.15, 0.2) is 0 Å². The molecule has 0 amide bonds. The molecule has 0 aliphatic rings. The van der Waals surface area contributed by atoms with Crippen molar-refractivity contribution in [3.63, 3.8) is 0 Å². The molecular formula is C12H25CaNaO5S. The SMILES string of the molecule is CCCCCCCCCCCCOS(=O)(=O)[O-].[Ca+2].[Na+].[O-2]. The van der Waals surface area contributed by atoms with Gasteiger partial charge in [-0.2, -0.15) is 0 Å². The molecule has 0 bridgehead atoms. The zero-order valence-electron chi connectivity index (χ0n) is 12.9. The van der Waals surface area contributed by atoms with E-state index >= 15 is 0 Å². The van der Waals surface area contributed by atoms with Gasteiger partial charge in [0.1, 0.15) is 0 Å². The minimum atomic E-state index is -4.48. The second-order valence-electron chi connectivity index (χ2n) is 4.41. The fourth-order valence-corrected chi connectivity index (χ4v) is 2.07. The normalized spacial score (nSPS) is 10.1. The molecule has 0 atom stereocenters. The predicted molar refractivity (Wildman–Crippen MR) is 73.9 cm³/mol. The smallest absolute Gasteiger partial charge is 2.00 e. The Labute approximate surface area is 176 Å². The Morgan fingerprint density at radius 3 is 1.55 bits per heavy atom. The fourth-order valence-electron chi connectivity index (χ4n) is 1.75. The van der Waals surface area contributed by atoms with Crippen molar-refractivity contribution >= 4 is 48.1 Å². The van der Waals surface area contributed by atoms with Crippen LogP contribution in [0.1, 0.15) is 71.1 Å². The fraction of sp³-hybridized carbons (Fsp3) is 1.00. The monoisotopic (exact) mass is 344 g/mol. The van der Waals surface area contributed by atoms with Gasteiger partial charge in [0.15, 0.2) is 0 Å². The van der Waals surface area contributed by atoms with Gasteiger partial charge in [-0.3, -0.25) is 4.18 Å². The predicted octanol–water partition coefficient (Wildman–Crippen LogP) is -0.111. The van der Waals surface area contributed by atoms with Crippen LogP contribution in [0.3, 0.4) is 0 Å². The molecule has 112 valence electrons. The van der Waals surface area contributed by atoms with Gasteiger partial charge in [0.2, 0.25) is 10.4 Å². The van der Waals surface area contributed by atoms with Crippen LogP contribution in [-0.2, 0) is 20.1 Å². The minimum absolute atomic E-state index is 0. The molecule has 0 heterocycles. The summed E-state index contributed by atoms with van der Waals surface area (Å²) in [5.74, 6) is 0. The van der Waals surface area contributed by atoms with E-state index in [0.29, 0.717) is 6.42 Å². The molecule has 20 heavy (non-hydrogen) atoms. The number of hydrogen-bond acceptors (Lipinski definition) is 4. The molecule has 5 nitrogen and oxygen atoms in total. The van der Waals surface area contributed by atoms with E-state index in [0.717, 1.165) is 12.8 Å². The van der Waals surface area contributed by atoms with E-state index in [2.05, 4.69) is 11.1 Å². The van der Waals surface area contributed by atoms with E-state index in [4.69, 9.17) is 0 Å². The van der Waals surface area contributed by atoms with Gasteiger partial charge < -0.3 is 10.0 Å². The van der Waals surface area contributed by atoms with Crippen molar-refractivity contribution in [3.8, 4) is 0 Å². The number of hydrogen-bond donors (Lipinski definition) is 0. The van der Waals surface area contributed by atoms with E-state index < -0.39 is 10.4 Å². The van der Waals surface area contributed by atoms with Crippen molar-refractivity contribution in [3.05, 3.63) is 0 Å². The van der Waals surface area contributed by atoms with Gasteiger partial charge in [0.25, 0.3) is 0 Å². The van der Waals surface area contributed by atoms with E-state index in [-0.39, 0.29) is 79.4 Å².